The van der Waals surface area contributed by atoms with Gasteiger partial charge in [-0.1, -0.05) is 27.7 Å². The fraction of sp³-hybridized carbons (Fsp3) is 0.667. The summed E-state index contributed by atoms with van der Waals surface area (Å²) in [5.74, 6) is 1.87. The summed E-state index contributed by atoms with van der Waals surface area (Å²) in [6.07, 6.45) is 0.965. The molecule has 1 rings (SSSR count). The van der Waals surface area contributed by atoms with Gasteiger partial charge in [-0.2, -0.15) is 0 Å². The Bertz CT molecular complexity index is 351. The Morgan fingerprint density at radius 2 is 1.80 bits per heavy atom. The molecule has 1 aromatic heterocycles. The summed E-state index contributed by atoms with van der Waals surface area (Å²) in [6.45, 7) is 10.6. The van der Waals surface area contributed by atoms with E-state index in [1.54, 1.807) is 0 Å². The van der Waals surface area contributed by atoms with Crippen molar-refractivity contribution in [2.75, 3.05) is 12.4 Å². The number of rotatable bonds is 2. The van der Waals surface area contributed by atoms with Crippen molar-refractivity contribution >= 4 is 5.82 Å². The first-order valence-electron chi connectivity index (χ1n) is 5.46. The van der Waals surface area contributed by atoms with E-state index in [2.05, 4.69) is 49.9 Å². The lowest BCUT2D eigenvalue weighted by Gasteiger charge is -2.20. The molecule has 0 spiro atoms. The minimum atomic E-state index is 0.00261. The molecule has 0 aromatic carbocycles. The molecule has 0 fully saturated rings. The molecule has 3 nitrogen and oxygen atoms in total. The molecule has 0 unspecified atom stereocenters. The van der Waals surface area contributed by atoms with Crippen LogP contribution in [0.4, 0.5) is 5.82 Å². The van der Waals surface area contributed by atoms with E-state index in [0.29, 0.717) is 0 Å². The zero-order chi connectivity index (χ0) is 11.6. The van der Waals surface area contributed by atoms with Crippen LogP contribution < -0.4 is 5.32 Å². The fourth-order valence-corrected chi connectivity index (χ4v) is 1.56. The summed E-state index contributed by atoms with van der Waals surface area (Å²) in [5.41, 5.74) is 2.30. The molecule has 0 atom stereocenters. The van der Waals surface area contributed by atoms with Crippen LogP contribution in [0.3, 0.4) is 0 Å². The molecule has 1 aromatic rings. The molecule has 0 saturated heterocycles. The van der Waals surface area contributed by atoms with Crippen molar-refractivity contribution in [3.8, 4) is 0 Å². The highest BCUT2D eigenvalue weighted by molar-refractivity contribution is 5.46. The normalized spacial score (nSPS) is 11.6. The van der Waals surface area contributed by atoms with Crippen LogP contribution in [0.1, 0.15) is 44.8 Å². The van der Waals surface area contributed by atoms with Crippen molar-refractivity contribution in [2.45, 2.75) is 46.5 Å². The second-order valence-corrected chi connectivity index (χ2v) is 4.81. The van der Waals surface area contributed by atoms with E-state index in [1.807, 2.05) is 7.05 Å². The van der Waals surface area contributed by atoms with Gasteiger partial charge in [-0.3, -0.25) is 0 Å². The quantitative estimate of drug-likeness (QED) is 0.810. The molecule has 0 aliphatic heterocycles. The second kappa shape index (κ2) is 4.17. The number of aryl methyl sites for hydroxylation is 1. The third-order valence-electron chi connectivity index (χ3n) is 2.48. The number of nitrogens with one attached hydrogen (secondary N) is 1. The first-order valence-corrected chi connectivity index (χ1v) is 5.46. The van der Waals surface area contributed by atoms with Crippen LogP contribution in [0.25, 0.3) is 0 Å². The summed E-state index contributed by atoms with van der Waals surface area (Å²) in [6, 6.07) is 0. The monoisotopic (exact) mass is 207 g/mol. The van der Waals surface area contributed by atoms with Gasteiger partial charge in [0, 0.05) is 23.7 Å². The first-order chi connectivity index (χ1) is 6.90. The molecule has 3 heteroatoms. The van der Waals surface area contributed by atoms with Crippen molar-refractivity contribution in [1.82, 2.24) is 9.97 Å². The Morgan fingerprint density at radius 1 is 1.20 bits per heavy atom. The zero-order valence-corrected chi connectivity index (χ0v) is 10.6. The van der Waals surface area contributed by atoms with Crippen molar-refractivity contribution in [1.29, 1.82) is 0 Å². The third-order valence-corrected chi connectivity index (χ3v) is 2.48. The molecular formula is C12H21N3. The van der Waals surface area contributed by atoms with Gasteiger partial charge in [-0.25, -0.2) is 9.97 Å². The molecule has 15 heavy (non-hydrogen) atoms. The van der Waals surface area contributed by atoms with Crippen molar-refractivity contribution < 1.29 is 0 Å². The molecular weight excluding hydrogens is 186 g/mol. The highest BCUT2D eigenvalue weighted by atomic mass is 15.0. The highest BCUT2D eigenvalue weighted by Crippen LogP contribution is 2.23. The van der Waals surface area contributed by atoms with E-state index in [4.69, 9.17) is 0 Å². The van der Waals surface area contributed by atoms with Gasteiger partial charge < -0.3 is 5.32 Å². The smallest absolute Gasteiger partial charge is 0.136 e. The van der Waals surface area contributed by atoms with Crippen LogP contribution in [0.15, 0.2) is 0 Å². The zero-order valence-electron chi connectivity index (χ0n) is 10.6. The van der Waals surface area contributed by atoms with E-state index in [1.165, 1.54) is 5.56 Å². The van der Waals surface area contributed by atoms with E-state index < -0.39 is 0 Å². The summed E-state index contributed by atoms with van der Waals surface area (Å²) in [4.78, 5) is 9.14. The van der Waals surface area contributed by atoms with Gasteiger partial charge >= 0.3 is 0 Å². The summed E-state index contributed by atoms with van der Waals surface area (Å²) in [5, 5.41) is 3.15. The Labute approximate surface area is 92.3 Å². The Morgan fingerprint density at radius 3 is 2.20 bits per heavy atom. The van der Waals surface area contributed by atoms with E-state index in [-0.39, 0.29) is 5.41 Å². The molecule has 0 bridgehead atoms. The molecule has 84 valence electrons. The van der Waals surface area contributed by atoms with Crippen molar-refractivity contribution in [2.24, 2.45) is 0 Å². The van der Waals surface area contributed by atoms with Gasteiger partial charge in [0.1, 0.15) is 11.6 Å². The Kier molecular flexibility index (Phi) is 3.32. The average Bonchev–Trinajstić information content (AvgIpc) is 2.15. The number of nitrogens with zero attached hydrogens (tertiary/aromatic N) is 2. The van der Waals surface area contributed by atoms with E-state index in [0.717, 1.165) is 23.8 Å². The Hall–Kier alpha value is -1.12. The number of hydrogen-bond acceptors (Lipinski definition) is 3. The van der Waals surface area contributed by atoms with Crippen LogP contribution >= 0.6 is 0 Å². The summed E-state index contributed by atoms with van der Waals surface area (Å²) < 4.78 is 0. The topological polar surface area (TPSA) is 37.8 Å². The largest absolute Gasteiger partial charge is 0.373 e. The highest BCUT2D eigenvalue weighted by Gasteiger charge is 2.20. The maximum Gasteiger partial charge on any atom is 0.136 e. The van der Waals surface area contributed by atoms with Gasteiger partial charge in [0.05, 0.1) is 0 Å². The Balaban J connectivity index is 3.32. The SMILES string of the molecule is CCc1c(C)nc(C(C)(C)C)nc1NC. The van der Waals surface area contributed by atoms with Crippen LogP contribution in [-0.2, 0) is 11.8 Å². The number of hydrogen-bond donors (Lipinski definition) is 1. The molecule has 0 radical (unpaired) electrons. The van der Waals surface area contributed by atoms with Gasteiger partial charge in [-0.15, -0.1) is 0 Å². The summed E-state index contributed by atoms with van der Waals surface area (Å²) >= 11 is 0. The second-order valence-electron chi connectivity index (χ2n) is 4.81. The average molecular weight is 207 g/mol. The van der Waals surface area contributed by atoms with Gasteiger partial charge in [-0.05, 0) is 13.3 Å². The lowest BCUT2D eigenvalue weighted by Crippen LogP contribution is -2.19. The molecule has 0 aliphatic rings. The van der Waals surface area contributed by atoms with Crippen LogP contribution in [0.5, 0.6) is 0 Å². The lowest BCUT2D eigenvalue weighted by molar-refractivity contribution is 0.542. The minimum Gasteiger partial charge on any atom is -0.373 e. The standard InChI is InChI=1S/C12H21N3/c1-7-9-8(2)14-11(12(3,4)5)15-10(9)13-6/h7H2,1-6H3,(H,13,14,15). The van der Waals surface area contributed by atoms with Gasteiger partial charge in [0.15, 0.2) is 0 Å². The maximum absolute atomic E-state index is 4.57. The van der Waals surface area contributed by atoms with Crippen molar-refractivity contribution in [3.63, 3.8) is 0 Å². The van der Waals surface area contributed by atoms with Gasteiger partial charge in [0.25, 0.3) is 0 Å². The minimum absolute atomic E-state index is 0.00261. The van der Waals surface area contributed by atoms with Crippen molar-refractivity contribution in [3.05, 3.63) is 17.1 Å². The van der Waals surface area contributed by atoms with Gasteiger partial charge in [0.2, 0.25) is 0 Å². The van der Waals surface area contributed by atoms with E-state index in [9.17, 15) is 0 Å². The van der Waals surface area contributed by atoms with Crippen LogP contribution in [0, 0.1) is 6.92 Å². The maximum atomic E-state index is 4.57. The molecule has 0 amide bonds. The summed E-state index contributed by atoms with van der Waals surface area (Å²) in [7, 11) is 1.91. The number of aromatic nitrogens is 2. The van der Waals surface area contributed by atoms with Crippen LogP contribution in [0.2, 0.25) is 0 Å². The fourth-order valence-electron chi connectivity index (χ4n) is 1.56. The molecule has 0 aliphatic carbocycles. The third kappa shape index (κ3) is 2.46. The lowest BCUT2D eigenvalue weighted by atomic mass is 9.95. The predicted molar refractivity (Wildman–Crippen MR) is 64.4 cm³/mol. The van der Waals surface area contributed by atoms with E-state index >= 15 is 0 Å². The number of anilines is 1. The molecule has 0 saturated carbocycles. The first kappa shape index (κ1) is 12.0. The predicted octanol–water partition coefficient (Wildman–Crippen LogP) is 2.69. The van der Waals surface area contributed by atoms with Crippen LogP contribution in [-0.4, -0.2) is 17.0 Å². The molecule has 1 N–H and O–H groups in total. The molecule has 1 heterocycles.